The Bertz CT molecular complexity index is 427. The Hall–Kier alpha value is -1.26. The first-order valence-corrected chi connectivity index (χ1v) is 5.98. The van der Waals surface area contributed by atoms with Gasteiger partial charge in [-0.2, -0.15) is 0 Å². The van der Waals surface area contributed by atoms with Crippen molar-refractivity contribution in [2.24, 2.45) is 0 Å². The quantitative estimate of drug-likeness (QED) is 0.769. The van der Waals surface area contributed by atoms with Crippen LogP contribution in [0.1, 0.15) is 24.5 Å². The first kappa shape index (κ1) is 10.9. The van der Waals surface area contributed by atoms with Crippen LogP contribution in [-0.2, 0) is 0 Å². The van der Waals surface area contributed by atoms with Crippen molar-refractivity contribution in [1.29, 1.82) is 0 Å². The Morgan fingerprint density at radius 3 is 3.12 bits per heavy atom. The van der Waals surface area contributed by atoms with Gasteiger partial charge in [-0.25, -0.2) is 0 Å². The molecule has 1 aromatic rings. The summed E-state index contributed by atoms with van der Waals surface area (Å²) in [5.74, 6) is 1.54. The molecule has 2 aliphatic heterocycles. The van der Waals surface area contributed by atoms with Crippen molar-refractivity contribution in [3.63, 3.8) is 0 Å². The fourth-order valence-electron chi connectivity index (χ4n) is 2.73. The topological polar surface area (TPSA) is 50.7 Å². The predicted octanol–water partition coefficient (Wildman–Crippen LogP) is 1.24. The Balaban J connectivity index is 1.96. The molecule has 0 bridgehead atoms. The minimum atomic E-state index is -0.464. The average molecular weight is 235 g/mol. The van der Waals surface area contributed by atoms with Crippen molar-refractivity contribution >= 4 is 0 Å². The van der Waals surface area contributed by atoms with E-state index in [2.05, 4.69) is 5.32 Å². The molecule has 4 nitrogen and oxygen atoms in total. The normalized spacial score (nSPS) is 31.1. The summed E-state index contributed by atoms with van der Waals surface area (Å²) in [7, 11) is 1.63. The van der Waals surface area contributed by atoms with E-state index in [0.29, 0.717) is 6.42 Å². The number of benzene rings is 1. The van der Waals surface area contributed by atoms with E-state index in [9.17, 15) is 5.11 Å². The molecule has 1 saturated heterocycles. The van der Waals surface area contributed by atoms with Gasteiger partial charge in [-0.15, -0.1) is 0 Å². The highest BCUT2D eigenvalue weighted by molar-refractivity contribution is 5.43. The lowest BCUT2D eigenvalue weighted by molar-refractivity contribution is -0.000453. The lowest BCUT2D eigenvalue weighted by atomic mass is 9.88. The number of rotatable bonds is 1. The summed E-state index contributed by atoms with van der Waals surface area (Å²) in [4.78, 5) is 0. The van der Waals surface area contributed by atoms with Crippen LogP contribution in [0.25, 0.3) is 0 Å². The summed E-state index contributed by atoms with van der Waals surface area (Å²) in [5, 5.41) is 13.5. The van der Waals surface area contributed by atoms with Crippen molar-refractivity contribution in [1.82, 2.24) is 5.32 Å². The van der Waals surface area contributed by atoms with Gasteiger partial charge in [0.15, 0.2) is 0 Å². The molecule has 1 aromatic carbocycles. The maximum Gasteiger partial charge on any atom is 0.126 e. The lowest BCUT2D eigenvalue weighted by Crippen LogP contribution is -2.42. The van der Waals surface area contributed by atoms with E-state index >= 15 is 0 Å². The van der Waals surface area contributed by atoms with Gasteiger partial charge in [0, 0.05) is 24.9 Å². The fraction of sp³-hybridized carbons (Fsp3) is 0.538. The molecule has 1 fully saturated rings. The maximum atomic E-state index is 10.2. The molecule has 0 saturated carbocycles. The van der Waals surface area contributed by atoms with Crippen LogP contribution in [0.15, 0.2) is 18.2 Å². The Kier molecular flexibility index (Phi) is 2.49. The maximum absolute atomic E-state index is 10.2. The van der Waals surface area contributed by atoms with Crippen LogP contribution in [-0.4, -0.2) is 30.9 Å². The molecule has 0 amide bonds. The number of hydrogen-bond acceptors (Lipinski definition) is 4. The summed E-state index contributed by atoms with van der Waals surface area (Å²) in [5.41, 5.74) is 0.614. The lowest BCUT2D eigenvalue weighted by Gasteiger charge is -2.37. The van der Waals surface area contributed by atoms with Crippen molar-refractivity contribution in [2.75, 3.05) is 20.2 Å². The second-order valence-corrected chi connectivity index (χ2v) is 4.84. The van der Waals surface area contributed by atoms with Gasteiger partial charge in [0.1, 0.15) is 17.1 Å². The Morgan fingerprint density at radius 1 is 1.53 bits per heavy atom. The molecule has 2 heterocycles. The number of hydrogen-bond donors (Lipinski definition) is 2. The minimum Gasteiger partial charge on any atom is -0.497 e. The Morgan fingerprint density at radius 2 is 2.41 bits per heavy atom. The first-order valence-electron chi connectivity index (χ1n) is 5.98. The van der Waals surface area contributed by atoms with E-state index in [-0.39, 0.29) is 5.60 Å². The molecule has 0 radical (unpaired) electrons. The molecule has 3 rings (SSSR count). The number of aliphatic hydroxyl groups excluding tert-OH is 1. The van der Waals surface area contributed by atoms with E-state index < -0.39 is 6.10 Å². The zero-order valence-electron chi connectivity index (χ0n) is 9.90. The summed E-state index contributed by atoms with van der Waals surface area (Å²) in [6, 6.07) is 5.61. The van der Waals surface area contributed by atoms with Crippen LogP contribution in [0.3, 0.4) is 0 Å². The van der Waals surface area contributed by atoms with E-state index in [0.717, 1.165) is 36.6 Å². The SMILES string of the molecule is COc1ccc2c(c1)C(O)CC1(CCNC1)O2. The van der Waals surface area contributed by atoms with Crippen LogP contribution >= 0.6 is 0 Å². The molecule has 2 aliphatic rings. The highest BCUT2D eigenvalue weighted by atomic mass is 16.5. The minimum absolute atomic E-state index is 0.221. The summed E-state index contributed by atoms with van der Waals surface area (Å²) < 4.78 is 11.2. The van der Waals surface area contributed by atoms with Gasteiger partial charge in [0.05, 0.1) is 13.2 Å². The van der Waals surface area contributed by atoms with Crippen LogP contribution in [0.5, 0.6) is 11.5 Å². The molecular weight excluding hydrogens is 218 g/mol. The predicted molar refractivity (Wildman–Crippen MR) is 63.4 cm³/mol. The van der Waals surface area contributed by atoms with Gasteiger partial charge in [-0.3, -0.25) is 0 Å². The highest BCUT2D eigenvalue weighted by Crippen LogP contribution is 2.43. The van der Waals surface area contributed by atoms with Crippen LogP contribution < -0.4 is 14.8 Å². The molecular formula is C13H17NO3. The monoisotopic (exact) mass is 235 g/mol. The van der Waals surface area contributed by atoms with Crippen molar-refractivity contribution in [3.05, 3.63) is 23.8 Å². The van der Waals surface area contributed by atoms with Crippen molar-refractivity contribution in [2.45, 2.75) is 24.5 Å². The van der Waals surface area contributed by atoms with E-state index in [1.807, 2.05) is 18.2 Å². The fourth-order valence-corrected chi connectivity index (χ4v) is 2.73. The number of nitrogens with one attached hydrogen (secondary N) is 1. The third kappa shape index (κ3) is 1.77. The molecule has 0 aliphatic carbocycles. The van der Waals surface area contributed by atoms with Gasteiger partial charge in [-0.1, -0.05) is 0 Å². The van der Waals surface area contributed by atoms with Crippen molar-refractivity contribution < 1.29 is 14.6 Å². The number of aliphatic hydroxyl groups is 1. The molecule has 4 heteroatoms. The first-order chi connectivity index (χ1) is 8.22. The van der Waals surface area contributed by atoms with E-state index in [1.54, 1.807) is 7.11 Å². The Labute approximate surface area is 101 Å². The zero-order valence-corrected chi connectivity index (χ0v) is 9.90. The van der Waals surface area contributed by atoms with Crippen LogP contribution in [0.2, 0.25) is 0 Å². The van der Waals surface area contributed by atoms with Gasteiger partial charge < -0.3 is 19.9 Å². The molecule has 92 valence electrons. The zero-order chi connectivity index (χ0) is 11.9. The van der Waals surface area contributed by atoms with E-state index in [1.165, 1.54) is 0 Å². The number of ether oxygens (including phenoxy) is 2. The number of methoxy groups -OCH3 is 1. The van der Waals surface area contributed by atoms with Crippen LogP contribution in [0, 0.1) is 0 Å². The van der Waals surface area contributed by atoms with Crippen LogP contribution in [0.4, 0.5) is 0 Å². The van der Waals surface area contributed by atoms with Gasteiger partial charge in [0.2, 0.25) is 0 Å². The third-order valence-electron chi connectivity index (χ3n) is 3.67. The molecule has 2 N–H and O–H groups in total. The summed E-state index contributed by atoms with van der Waals surface area (Å²) >= 11 is 0. The molecule has 2 unspecified atom stereocenters. The van der Waals surface area contributed by atoms with Gasteiger partial charge >= 0.3 is 0 Å². The molecule has 17 heavy (non-hydrogen) atoms. The summed E-state index contributed by atoms with van der Waals surface area (Å²) in [6.07, 6.45) is 1.14. The molecule has 2 atom stereocenters. The smallest absolute Gasteiger partial charge is 0.126 e. The second kappa shape index (κ2) is 3.89. The largest absolute Gasteiger partial charge is 0.497 e. The molecule has 1 spiro atoms. The third-order valence-corrected chi connectivity index (χ3v) is 3.67. The average Bonchev–Trinajstić information content (AvgIpc) is 2.77. The molecule has 0 aromatic heterocycles. The van der Waals surface area contributed by atoms with Gasteiger partial charge in [-0.05, 0) is 24.7 Å². The highest BCUT2D eigenvalue weighted by Gasteiger charge is 2.42. The van der Waals surface area contributed by atoms with Gasteiger partial charge in [0.25, 0.3) is 0 Å². The standard InChI is InChI=1S/C13H17NO3/c1-16-9-2-3-12-10(6-9)11(15)7-13(17-12)4-5-14-8-13/h2-3,6,11,14-15H,4-5,7-8H2,1H3. The van der Waals surface area contributed by atoms with E-state index in [4.69, 9.17) is 9.47 Å². The van der Waals surface area contributed by atoms with Crippen molar-refractivity contribution in [3.8, 4) is 11.5 Å². The number of fused-ring (bicyclic) bond motifs is 1. The second-order valence-electron chi connectivity index (χ2n) is 4.84. The summed E-state index contributed by atoms with van der Waals surface area (Å²) in [6.45, 7) is 1.77.